The minimum absolute atomic E-state index is 0.0799. The standard InChI is InChI=1S/C13H19NO/c1-10-3-5-12(6-4-10)9-13(15)11(2)7-8-14/h3-6,11H,7-9,14H2,1-2H3. The van der Waals surface area contributed by atoms with E-state index >= 15 is 0 Å². The summed E-state index contributed by atoms with van der Waals surface area (Å²) >= 11 is 0. The molecule has 2 heteroatoms. The minimum atomic E-state index is 0.0799. The molecule has 1 aromatic rings. The van der Waals surface area contributed by atoms with Gasteiger partial charge in [0.2, 0.25) is 0 Å². The first kappa shape index (κ1) is 11.9. The summed E-state index contributed by atoms with van der Waals surface area (Å²) in [5, 5.41) is 0. The Bertz CT molecular complexity index is 316. The number of carbonyl (C=O) groups excluding carboxylic acids is 1. The van der Waals surface area contributed by atoms with Gasteiger partial charge in [-0.1, -0.05) is 36.8 Å². The van der Waals surface area contributed by atoms with Crippen molar-refractivity contribution in [3.8, 4) is 0 Å². The molecule has 82 valence electrons. The van der Waals surface area contributed by atoms with Crippen molar-refractivity contribution in [3.63, 3.8) is 0 Å². The van der Waals surface area contributed by atoms with E-state index in [0.717, 1.165) is 12.0 Å². The van der Waals surface area contributed by atoms with Crippen LogP contribution < -0.4 is 5.73 Å². The van der Waals surface area contributed by atoms with Crippen molar-refractivity contribution in [1.82, 2.24) is 0 Å². The van der Waals surface area contributed by atoms with E-state index in [1.807, 2.05) is 38.1 Å². The highest BCUT2D eigenvalue weighted by atomic mass is 16.1. The average Bonchev–Trinajstić information content (AvgIpc) is 2.22. The summed E-state index contributed by atoms with van der Waals surface area (Å²) in [7, 11) is 0. The normalized spacial score (nSPS) is 12.5. The maximum absolute atomic E-state index is 11.7. The number of Topliss-reactive ketones (excluding diaryl/α,β-unsaturated/α-hetero) is 1. The number of rotatable bonds is 5. The van der Waals surface area contributed by atoms with Crippen LogP contribution in [0.15, 0.2) is 24.3 Å². The minimum Gasteiger partial charge on any atom is -0.330 e. The van der Waals surface area contributed by atoms with Crippen molar-refractivity contribution in [2.24, 2.45) is 11.7 Å². The van der Waals surface area contributed by atoms with E-state index < -0.39 is 0 Å². The molecule has 0 aliphatic rings. The fourth-order valence-electron chi connectivity index (χ4n) is 1.49. The lowest BCUT2D eigenvalue weighted by molar-refractivity contribution is -0.121. The van der Waals surface area contributed by atoms with Gasteiger partial charge in [0.25, 0.3) is 0 Å². The quantitative estimate of drug-likeness (QED) is 0.800. The third-order valence-corrected chi connectivity index (χ3v) is 2.65. The number of benzene rings is 1. The third kappa shape index (κ3) is 3.84. The fourth-order valence-corrected chi connectivity index (χ4v) is 1.49. The van der Waals surface area contributed by atoms with Gasteiger partial charge in [-0.2, -0.15) is 0 Å². The summed E-state index contributed by atoms with van der Waals surface area (Å²) in [6, 6.07) is 8.11. The molecule has 1 rings (SSSR count). The summed E-state index contributed by atoms with van der Waals surface area (Å²) < 4.78 is 0. The fraction of sp³-hybridized carbons (Fsp3) is 0.462. The molecule has 2 N–H and O–H groups in total. The number of hydrogen-bond donors (Lipinski definition) is 1. The number of nitrogens with two attached hydrogens (primary N) is 1. The van der Waals surface area contributed by atoms with E-state index in [9.17, 15) is 4.79 Å². The highest BCUT2D eigenvalue weighted by Gasteiger charge is 2.12. The first-order valence-electron chi connectivity index (χ1n) is 5.42. The Morgan fingerprint density at radius 1 is 1.33 bits per heavy atom. The second-order valence-corrected chi connectivity index (χ2v) is 4.11. The van der Waals surface area contributed by atoms with Gasteiger partial charge in [-0.15, -0.1) is 0 Å². The van der Waals surface area contributed by atoms with Crippen LogP contribution in [0.25, 0.3) is 0 Å². The Morgan fingerprint density at radius 3 is 2.47 bits per heavy atom. The predicted molar refractivity (Wildman–Crippen MR) is 62.7 cm³/mol. The molecule has 0 aliphatic carbocycles. The number of ketones is 1. The Kier molecular flexibility index (Phi) is 4.50. The van der Waals surface area contributed by atoms with Crippen LogP contribution in [0, 0.1) is 12.8 Å². The van der Waals surface area contributed by atoms with Crippen LogP contribution in [0.4, 0.5) is 0 Å². The zero-order valence-electron chi connectivity index (χ0n) is 9.49. The molecule has 1 unspecified atom stereocenters. The van der Waals surface area contributed by atoms with Gasteiger partial charge in [0, 0.05) is 12.3 Å². The van der Waals surface area contributed by atoms with Gasteiger partial charge in [-0.25, -0.2) is 0 Å². The highest BCUT2D eigenvalue weighted by Crippen LogP contribution is 2.09. The molecule has 0 aliphatic heterocycles. The van der Waals surface area contributed by atoms with Crippen molar-refractivity contribution >= 4 is 5.78 Å². The van der Waals surface area contributed by atoms with E-state index in [0.29, 0.717) is 13.0 Å². The Balaban J connectivity index is 2.54. The van der Waals surface area contributed by atoms with Gasteiger partial charge >= 0.3 is 0 Å². The van der Waals surface area contributed by atoms with Crippen LogP contribution in [0.3, 0.4) is 0 Å². The monoisotopic (exact) mass is 205 g/mol. The SMILES string of the molecule is Cc1ccc(CC(=O)C(C)CCN)cc1. The first-order chi connectivity index (χ1) is 7.13. The van der Waals surface area contributed by atoms with E-state index in [4.69, 9.17) is 5.73 Å². The van der Waals surface area contributed by atoms with E-state index in [-0.39, 0.29) is 11.7 Å². The molecule has 1 aromatic carbocycles. The molecule has 15 heavy (non-hydrogen) atoms. The van der Waals surface area contributed by atoms with Crippen LogP contribution >= 0.6 is 0 Å². The number of aryl methyl sites for hydroxylation is 1. The summed E-state index contributed by atoms with van der Waals surface area (Å²) in [5.74, 6) is 0.362. The number of carbonyl (C=O) groups is 1. The third-order valence-electron chi connectivity index (χ3n) is 2.65. The Hall–Kier alpha value is -1.15. The van der Waals surface area contributed by atoms with Crippen LogP contribution in [-0.2, 0) is 11.2 Å². The van der Waals surface area contributed by atoms with Gasteiger partial charge in [-0.05, 0) is 25.5 Å². The van der Waals surface area contributed by atoms with E-state index in [1.54, 1.807) is 0 Å². The van der Waals surface area contributed by atoms with Gasteiger partial charge < -0.3 is 5.73 Å². The lowest BCUT2D eigenvalue weighted by Crippen LogP contribution is -2.17. The molecule has 0 spiro atoms. The summed E-state index contributed by atoms with van der Waals surface area (Å²) in [5.41, 5.74) is 7.74. The molecule has 0 amide bonds. The molecule has 0 fully saturated rings. The molecule has 0 radical (unpaired) electrons. The molecule has 0 heterocycles. The lowest BCUT2D eigenvalue weighted by atomic mass is 9.96. The summed E-state index contributed by atoms with van der Waals surface area (Å²) in [4.78, 5) is 11.7. The van der Waals surface area contributed by atoms with Crippen molar-refractivity contribution in [3.05, 3.63) is 35.4 Å². The Labute approximate surface area is 91.5 Å². The van der Waals surface area contributed by atoms with E-state index in [2.05, 4.69) is 0 Å². The van der Waals surface area contributed by atoms with Crippen LogP contribution in [0.1, 0.15) is 24.5 Å². The molecule has 1 atom stereocenters. The predicted octanol–water partition coefficient (Wildman–Crippen LogP) is 2.09. The zero-order valence-corrected chi connectivity index (χ0v) is 9.49. The molecule has 0 saturated heterocycles. The zero-order chi connectivity index (χ0) is 11.3. The molecular formula is C13H19NO. The lowest BCUT2D eigenvalue weighted by Gasteiger charge is -2.08. The van der Waals surface area contributed by atoms with Crippen molar-refractivity contribution in [1.29, 1.82) is 0 Å². The Morgan fingerprint density at radius 2 is 1.93 bits per heavy atom. The van der Waals surface area contributed by atoms with Crippen molar-refractivity contribution in [2.75, 3.05) is 6.54 Å². The molecule has 0 bridgehead atoms. The maximum atomic E-state index is 11.7. The van der Waals surface area contributed by atoms with Crippen LogP contribution in [0.5, 0.6) is 0 Å². The van der Waals surface area contributed by atoms with Gasteiger partial charge in [0.15, 0.2) is 0 Å². The average molecular weight is 205 g/mol. The summed E-state index contributed by atoms with van der Waals surface area (Å²) in [6.45, 7) is 4.58. The van der Waals surface area contributed by atoms with Crippen LogP contribution in [-0.4, -0.2) is 12.3 Å². The van der Waals surface area contributed by atoms with Crippen LogP contribution in [0.2, 0.25) is 0 Å². The van der Waals surface area contributed by atoms with Gasteiger partial charge in [0.1, 0.15) is 5.78 Å². The largest absolute Gasteiger partial charge is 0.330 e. The molecule has 0 aromatic heterocycles. The van der Waals surface area contributed by atoms with Crippen molar-refractivity contribution < 1.29 is 4.79 Å². The first-order valence-corrected chi connectivity index (χ1v) is 5.42. The topological polar surface area (TPSA) is 43.1 Å². The van der Waals surface area contributed by atoms with Gasteiger partial charge in [-0.3, -0.25) is 4.79 Å². The summed E-state index contributed by atoms with van der Waals surface area (Å²) in [6.07, 6.45) is 1.31. The second kappa shape index (κ2) is 5.66. The number of hydrogen-bond acceptors (Lipinski definition) is 2. The van der Waals surface area contributed by atoms with E-state index in [1.165, 1.54) is 5.56 Å². The maximum Gasteiger partial charge on any atom is 0.140 e. The van der Waals surface area contributed by atoms with Crippen molar-refractivity contribution in [2.45, 2.75) is 26.7 Å². The molecular weight excluding hydrogens is 186 g/mol. The second-order valence-electron chi connectivity index (χ2n) is 4.11. The highest BCUT2D eigenvalue weighted by molar-refractivity contribution is 5.82. The molecule has 2 nitrogen and oxygen atoms in total. The smallest absolute Gasteiger partial charge is 0.140 e. The van der Waals surface area contributed by atoms with Gasteiger partial charge in [0.05, 0.1) is 0 Å². The molecule has 0 saturated carbocycles.